The van der Waals surface area contributed by atoms with Gasteiger partial charge in [0.2, 0.25) is 0 Å². The minimum absolute atomic E-state index is 0.617. The number of hydrogen-bond donors (Lipinski definition) is 2. The highest BCUT2D eigenvalue weighted by molar-refractivity contribution is 5.42. The van der Waals surface area contributed by atoms with Crippen molar-refractivity contribution in [2.24, 2.45) is 5.73 Å². The van der Waals surface area contributed by atoms with Crippen molar-refractivity contribution in [3.63, 3.8) is 0 Å². The van der Waals surface area contributed by atoms with Gasteiger partial charge in [-0.25, -0.2) is 0 Å². The van der Waals surface area contributed by atoms with Gasteiger partial charge in [-0.2, -0.15) is 0 Å². The Bertz CT molecular complexity index is 730. The van der Waals surface area contributed by atoms with Crippen LogP contribution in [0.15, 0.2) is 84.9 Å². The molecular formula is C21H21NO2. The van der Waals surface area contributed by atoms with E-state index in [1.165, 1.54) is 0 Å². The first-order valence-electron chi connectivity index (χ1n) is 7.89. The summed E-state index contributed by atoms with van der Waals surface area (Å²) in [6, 6.07) is 25.9. The second-order valence-corrected chi connectivity index (χ2v) is 5.75. The van der Waals surface area contributed by atoms with Crippen molar-refractivity contribution >= 4 is 0 Å². The third kappa shape index (κ3) is 2.92. The number of nitrogens with two attached hydrogens (primary N) is 1. The van der Waals surface area contributed by atoms with Crippen molar-refractivity contribution in [1.29, 1.82) is 0 Å². The van der Waals surface area contributed by atoms with Gasteiger partial charge in [-0.3, -0.25) is 0 Å². The number of rotatable bonds is 5. The fraction of sp³-hybridized carbons (Fsp3) is 0.143. The Balaban J connectivity index is 2.10. The zero-order valence-corrected chi connectivity index (χ0v) is 13.6. The molecule has 0 aliphatic heterocycles. The summed E-state index contributed by atoms with van der Waals surface area (Å²) in [4.78, 5) is 0. The van der Waals surface area contributed by atoms with Gasteiger partial charge < -0.3 is 15.6 Å². The van der Waals surface area contributed by atoms with Gasteiger partial charge in [0.1, 0.15) is 11.4 Å². The minimum atomic E-state index is -1.32. The summed E-state index contributed by atoms with van der Waals surface area (Å²) < 4.78 is 5.20. The molecule has 3 rings (SSSR count). The summed E-state index contributed by atoms with van der Waals surface area (Å²) in [5.74, 6) is 0.758. The van der Waals surface area contributed by atoms with Crippen molar-refractivity contribution in [3.8, 4) is 5.75 Å². The molecule has 0 spiro atoms. The molecule has 3 heteroatoms. The smallest absolute Gasteiger partial charge is 0.134 e. The van der Waals surface area contributed by atoms with Gasteiger partial charge in [0.05, 0.1) is 13.2 Å². The van der Waals surface area contributed by atoms with Crippen LogP contribution in [0.1, 0.15) is 22.7 Å². The molecule has 3 aromatic rings. The average Bonchev–Trinajstić information content (AvgIpc) is 2.68. The van der Waals surface area contributed by atoms with E-state index in [0.29, 0.717) is 0 Å². The lowest BCUT2D eigenvalue weighted by Gasteiger charge is -2.35. The summed E-state index contributed by atoms with van der Waals surface area (Å²) in [5.41, 5.74) is 7.58. The van der Waals surface area contributed by atoms with Gasteiger partial charge in [0, 0.05) is 0 Å². The van der Waals surface area contributed by atoms with Gasteiger partial charge in [-0.15, -0.1) is 0 Å². The average molecular weight is 319 g/mol. The van der Waals surface area contributed by atoms with Crippen LogP contribution in [-0.2, 0) is 5.60 Å². The maximum atomic E-state index is 11.6. The molecule has 0 radical (unpaired) electrons. The van der Waals surface area contributed by atoms with Crippen molar-refractivity contribution in [3.05, 3.63) is 102 Å². The molecule has 0 heterocycles. The lowest BCUT2D eigenvalue weighted by atomic mass is 9.78. The zero-order chi connectivity index (χ0) is 17.0. The Morgan fingerprint density at radius 3 is 1.67 bits per heavy atom. The summed E-state index contributed by atoms with van der Waals surface area (Å²) >= 11 is 0. The fourth-order valence-corrected chi connectivity index (χ4v) is 2.96. The van der Waals surface area contributed by atoms with Crippen LogP contribution < -0.4 is 10.5 Å². The summed E-state index contributed by atoms with van der Waals surface area (Å²) in [6.45, 7) is 0. The number of hydrogen-bond acceptors (Lipinski definition) is 3. The number of aliphatic hydroxyl groups is 1. The van der Waals surface area contributed by atoms with E-state index in [1.807, 2.05) is 84.9 Å². The standard InChI is InChI=1S/C21H21NO2/c1-24-19-14-12-16(13-15-19)20(22)21(23,17-8-4-2-5-9-17)18-10-6-3-7-11-18/h2-15,20,23H,22H2,1H3/t20-/m1/s1. The molecule has 3 N–H and O–H groups in total. The maximum Gasteiger partial charge on any atom is 0.134 e. The first kappa shape index (κ1) is 16.2. The lowest BCUT2D eigenvalue weighted by molar-refractivity contribution is 0.0512. The number of benzene rings is 3. The number of methoxy groups -OCH3 is 1. The summed E-state index contributed by atoms with van der Waals surface area (Å²) in [7, 11) is 1.62. The second-order valence-electron chi connectivity index (χ2n) is 5.75. The van der Waals surface area contributed by atoms with Gasteiger partial charge in [0.15, 0.2) is 0 Å². The van der Waals surface area contributed by atoms with Gasteiger partial charge >= 0.3 is 0 Å². The second kappa shape index (κ2) is 6.87. The van der Waals surface area contributed by atoms with Crippen LogP contribution in [0.4, 0.5) is 0 Å². The molecule has 1 atom stereocenters. The molecule has 0 aliphatic rings. The van der Waals surface area contributed by atoms with Crippen LogP contribution in [-0.4, -0.2) is 12.2 Å². The van der Waals surface area contributed by atoms with Crippen molar-refractivity contribution in [2.45, 2.75) is 11.6 Å². The molecule has 3 nitrogen and oxygen atoms in total. The maximum absolute atomic E-state index is 11.6. The Labute approximate surface area is 142 Å². The summed E-state index contributed by atoms with van der Waals surface area (Å²) in [6.07, 6.45) is 0. The molecule has 0 fully saturated rings. The van der Waals surface area contributed by atoms with Crippen LogP contribution in [0.25, 0.3) is 0 Å². The minimum Gasteiger partial charge on any atom is -0.497 e. The molecule has 0 unspecified atom stereocenters. The van der Waals surface area contributed by atoms with E-state index in [1.54, 1.807) is 7.11 Å². The first-order valence-corrected chi connectivity index (χ1v) is 7.89. The van der Waals surface area contributed by atoms with E-state index in [2.05, 4.69) is 0 Å². The quantitative estimate of drug-likeness (QED) is 0.755. The van der Waals surface area contributed by atoms with Crippen LogP contribution in [0.5, 0.6) is 5.75 Å². The van der Waals surface area contributed by atoms with E-state index in [4.69, 9.17) is 10.5 Å². The molecule has 122 valence electrons. The zero-order valence-electron chi connectivity index (χ0n) is 13.6. The Morgan fingerprint density at radius 1 is 0.792 bits per heavy atom. The first-order chi connectivity index (χ1) is 11.7. The van der Waals surface area contributed by atoms with Crippen LogP contribution in [0.2, 0.25) is 0 Å². The fourth-order valence-electron chi connectivity index (χ4n) is 2.96. The highest BCUT2D eigenvalue weighted by Gasteiger charge is 2.38. The molecule has 0 aromatic heterocycles. The largest absolute Gasteiger partial charge is 0.497 e. The Hall–Kier alpha value is -2.62. The predicted octanol–water partition coefficient (Wildman–Crippen LogP) is 3.63. The van der Waals surface area contributed by atoms with Gasteiger partial charge in [0.25, 0.3) is 0 Å². The highest BCUT2D eigenvalue weighted by atomic mass is 16.5. The third-order valence-electron chi connectivity index (χ3n) is 4.35. The molecule has 0 saturated carbocycles. The normalized spacial score (nSPS) is 12.6. The topological polar surface area (TPSA) is 55.5 Å². The van der Waals surface area contributed by atoms with Gasteiger partial charge in [-0.05, 0) is 28.8 Å². The molecule has 24 heavy (non-hydrogen) atoms. The van der Waals surface area contributed by atoms with Crippen molar-refractivity contribution in [1.82, 2.24) is 0 Å². The number of ether oxygens (including phenoxy) is 1. The monoisotopic (exact) mass is 319 g/mol. The van der Waals surface area contributed by atoms with E-state index in [0.717, 1.165) is 22.4 Å². The summed E-state index contributed by atoms with van der Waals surface area (Å²) in [5, 5.41) is 11.6. The molecule has 0 amide bonds. The van der Waals surface area contributed by atoms with Crippen LogP contribution in [0.3, 0.4) is 0 Å². The molecule has 0 saturated heterocycles. The molecular weight excluding hydrogens is 298 g/mol. The van der Waals surface area contributed by atoms with E-state index in [-0.39, 0.29) is 0 Å². The van der Waals surface area contributed by atoms with E-state index >= 15 is 0 Å². The van der Waals surface area contributed by atoms with Crippen LogP contribution in [0, 0.1) is 0 Å². The molecule has 0 bridgehead atoms. The Morgan fingerprint density at radius 2 is 1.25 bits per heavy atom. The Kier molecular flexibility index (Phi) is 4.65. The lowest BCUT2D eigenvalue weighted by Crippen LogP contribution is -2.39. The van der Waals surface area contributed by atoms with E-state index in [9.17, 15) is 5.11 Å². The predicted molar refractivity (Wildman–Crippen MR) is 95.8 cm³/mol. The van der Waals surface area contributed by atoms with E-state index < -0.39 is 11.6 Å². The molecule has 3 aromatic carbocycles. The van der Waals surface area contributed by atoms with Gasteiger partial charge in [-0.1, -0.05) is 72.8 Å². The van der Waals surface area contributed by atoms with Crippen molar-refractivity contribution < 1.29 is 9.84 Å². The SMILES string of the molecule is COc1ccc([C@@H](N)C(O)(c2ccccc2)c2ccccc2)cc1. The third-order valence-corrected chi connectivity index (χ3v) is 4.35. The highest BCUT2D eigenvalue weighted by Crippen LogP contribution is 2.39. The molecule has 0 aliphatic carbocycles. The van der Waals surface area contributed by atoms with Crippen LogP contribution >= 0.6 is 0 Å². The van der Waals surface area contributed by atoms with Crippen molar-refractivity contribution in [2.75, 3.05) is 7.11 Å².